The fourth-order valence-electron chi connectivity index (χ4n) is 4.71. The van der Waals surface area contributed by atoms with E-state index in [-0.39, 0.29) is 23.9 Å². The molecular formula is C25H25N5O4S. The number of nitriles is 1. The molecule has 2 aliphatic rings. The zero-order valence-corrected chi connectivity index (χ0v) is 20.0. The molecule has 2 aliphatic heterocycles. The van der Waals surface area contributed by atoms with Crippen molar-refractivity contribution in [3.63, 3.8) is 0 Å². The van der Waals surface area contributed by atoms with E-state index in [1.165, 1.54) is 15.9 Å². The van der Waals surface area contributed by atoms with Crippen molar-refractivity contribution in [3.05, 3.63) is 62.6 Å². The lowest BCUT2D eigenvalue weighted by Crippen LogP contribution is -2.49. The highest BCUT2D eigenvalue weighted by molar-refractivity contribution is 7.12. The van der Waals surface area contributed by atoms with Gasteiger partial charge in [-0.3, -0.25) is 19.0 Å². The molecule has 0 bridgehead atoms. The molecule has 9 nitrogen and oxygen atoms in total. The zero-order chi connectivity index (χ0) is 24.4. The van der Waals surface area contributed by atoms with Crippen molar-refractivity contribution in [1.82, 2.24) is 14.4 Å². The monoisotopic (exact) mass is 491 g/mol. The Balaban J connectivity index is 1.46. The van der Waals surface area contributed by atoms with Crippen LogP contribution in [0, 0.1) is 11.3 Å². The van der Waals surface area contributed by atoms with Crippen LogP contribution in [0.4, 0.5) is 5.69 Å². The van der Waals surface area contributed by atoms with E-state index < -0.39 is 5.56 Å². The number of piperazine rings is 1. The minimum Gasteiger partial charge on any atom is -0.378 e. The van der Waals surface area contributed by atoms with Crippen molar-refractivity contribution in [2.24, 2.45) is 0 Å². The van der Waals surface area contributed by atoms with Crippen LogP contribution in [-0.4, -0.2) is 78.7 Å². The minimum absolute atomic E-state index is 0.00190. The molecule has 2 fully saturated rings. The SMILES string of the molecule is N#Cc1c(N2CCN(C(=O)c3cccs3)CC2)c2ccccc2n(CC(=O)N2CCOCC2)c1=O. The zero-order valence-electron chi connectivity index (χ0n) is 19.2. The second-order valence-corrected chi connectivity index (χ2v) is 9.44. The summed E-state index contributed by atoms with van der Waals surface area (Å²) < 4.78 is 6.73. The van der Waals surface area contributed by atoms with Gasteiger partial charge in [-0.15, -0.1) is 11.3 Å². The van der Waals surface area contributed by atoms with Crippen molar-refractivity contribution >= 4 is 39.7 Å². The molecule has 5 rings (SSSR count). The van der Waals surface area contributed by atoms with Crippen LogP contribution in [0.2, 0.25) is 0 Å². The summed E-state index contributed by atoms with van der Waals surface area (Å²) in [6, 6.07) is 13.2. The van der Waals surface area contributed by atoms with Gasteiger partial charge in [0.05, 0.1) is 29.3 Å². The molecule has 0 radical (unpaired) electrons. The number of pyridine rings is 1. The molecule has 0 saturated carbocycles. The molecule has 4 heterocycles. The number of thiophene rings is 1. The second kappa shape index (κ2) is 9.90. The molecule has 0 aliphatic carbocycles. The number of nitrogens with zero attached hydrogens (tertiary/aromatic N) is 5. The average molecular weight is 492 g/mol. The number of benzene rings is 1. The number of carbonyl (C=O) groups is 2. The first kappa shape index (κ1) is 23.1. The van der Waals surface area contributed by atoms with Gasteiger partial charge in [-0.1, -0.05) is 24.3 Å². The molecule has 2 aromatic heterocycles. The molecule has 35 heavy (non-hydrogen) atoms. The van der Waals surface area contributed by atoms with E-state index in [2.05, 4.69) is 6.07 Å². The maximum atomic E-state index is 13.5. The van der Waals surface area contributed by atoms with Crippen molar-refractivity contribution in [1.29, 1.82) is 5.26 Å². The molecule has 0 atom stereocenters. The summed E-state index contributed by atoms with van der Waals surface area (Å²) in [6.45, 7) is 3.81. The van der Waals surface area contributed by atoms with Gasteiger partial charge in [0.15, 0.2) is 0 Å². The summed E-state index contributed by atoms with van der Waals surface area (Å²) >= 11 is 1.42. The number of rotatable bonds is 4. The van der Waals surface area contributed by atoms with Gasteiger partial charge < -0.3 is 19.4 Å². The fraction of sp³-hybridized carbons (Fsp3) is 0.360. The topological polar surface area (TPSA) is 98.9 Å². The third-order valence-corrected chi connectivity index (χ3v) is 7.39. The quantitative estimate of drug-likeness (QED) is 0.552. The van der Waals surface area contributed by atoms with Crippen LogP contribution in [0.1, 0.15) is 15.2 Å². The summed E-state index contributed by atoms with van der Waals surface area (Å²) in [5, 5.41) is 12.6. The highest BCUT2D eigenvalue weighted by atomic mass is 32.1. The van der Waals surface area contributed by atoms with Gasteiger partial charge in [0, 0.05) is 44.7 Å². The molecule has 180 valence electrons. The van der Waals surface area contributed by atoms with Crippen LogP contribution in [0.25, 0.3) is 10.9 Å². The van der Waals surface area contributed by atoms with Crippen molar-refractivity contribution in [3.8, 4) is 6.07 Å². The maximum Gasteiger partial charge on any atom is 0.271 e. The van der Waals surface area contributed by atoms with Crippen molar-refractivity contribution in [2.75, 3.05) is 57.4 Å². The minimum atomic E-state index is -0.472. The third-order valence-electron chi connectivity index (χ3n) is 6.53. The van der Waals surface area contributed by atoms with Crippen LogP contribution in [-0.2, 0) is 16.1 Å². The number of morpholine rings is 1. The largest absolute Gasteiger partial charge is 0.378 e. The van der Waals surface area contributed by atoms with E-state index in [4.69, 9.17) is 4.74 Å². The number of carbonyl (C=O) groups excluding carboxylic acids is 2. The predicted molar refractivity (Wildman–Crippen MR) is 133 cm³/mol. The van der Waals surface area contributed by atoms with Gasteiger partial charge in [-0.2, -0.15) is 5.26 Å². The Morgan fingerprint density at radius 1 is 0.971 bits per heavy atom. The van der Waals surface area contributed by atoms with Crippen LogP contribution in [0.3, 0.4) is 0 Å². The Labute approximate surface area is 206 Å². The lowest BCUT2D eigenvalue weighted by molar-refractivity contribution is -0.135. The van der Waals surface area contributed by atoms with Gasteiger partial charge >= 0.3 is 0 Å². The molecule has 10 heteroatoms. The summed E-state index contributed by atoms with van der Waals surface area (Å²) in [4.78, 5) is 45.4. The van der Waals surface area contributed by atoms with Crippen LogP contribution < -0.4 is 10.5 Å². The number of amides is 2. The molecule has 2 amide bonds. The van der Waals surface area contributed by atoms with E-state index in [1.54, 1.807) is 9.80 Å². The number of hydrogen-bond acceptors (Lipinski definition) is 7. The van der Waals surface area contributed by atoms with Gasteiger partial charge in [-0.05, 0) is 17.5 Å². The Morgan fingerprint density at radius 3 is 2.40 bits per heavy atom. The first-order valence-electron chi connectivity index (χ1n) is 11.6. The molecule has 1 aromatic carbocycles. The van der Waals surface area contributed by atoms with E-state index in [0.717, 1.165) is 5.39 Å². The smallest absolute Gasteiger partial charge is 0.271 e. The number of aromatic nitrogens is 1. The molecule has 3 aromatic rings. The Kier molecular flexibility index (Phi) is 6.53. The lowest BCUT2D eigenvalue weighted by atomic mass is 10.1. The predicted octanol–water partition coefficient (Wildman–Crippen LogP) is 1.76. The highest BCUT2D eigenvalue weighted by Gasteiger charge is 2.28. The van der Waals surface area contributed by atoms with E-state index >= 15 is 0 Å². The maximum absolute atomic E-state index is 13.5. The van der Waals surface area contributed by atoms with Gasteiger partial charge in [-0.25, -0.2) is 0 Å². The van der Waals surface area contributed by atoms with Crippen LogP contribution >= 0.6 is 11.3 Å². The second-order valence-electron chi connectivity index (χ2n) is 8.49. The molecule has 2 saturated heterocycles. The number of fused-ring (bicyclic) bond motifs is 1. The Morgan fingerprint density at radius 2 is 1.71 bits per heavy atom. The standard InChI is InChI=1S/C25H25N5O4S/c26-16-19-23(28-7-9-29(10-8-28)25(33)21-6-3-15-35-21)18-4-1-2-5-20(18)30(24(19)32)17-22(31)27-11-13-34-14-12-27/h1-6,15H,7-14,17H2. The van der Waals surface area contributed by atoms with Gasteiger partial charge in [0.2, 0.25) is 5.91 Å². The lowest BCUT2D eigenvalue weighted by Gasteiger charge is -2.37. The number of ether oxygens (including phenoxy) is 1. The molecular weight excluding hydrogens is 466 g/mol. The number of anilines is 1. The molecule has 0 N–H and O–H groups in total. The van der Waals surface area contributed by atoms with E-state index in [0.29, 0.717) is 68.6 Å². The van der Waals surface area contributed by atoms with Gasteiger partial charge in [0.1, 0.15) is 18.2 Å². The Hall–Kier alpha value is -3.68. The summed E-state index contributed by atoms with van der Waals surface area (Å²) in [6.07, 6.45) is 0. The first-order chi connectivity index (χ1) is 17.1. The summed E-state index contributed by atoms with van der Waals surface area (Å²) in [7, 11) is 0. The molecule has 0 spiro atoms. The summed E-state index contributed by atoms with van der Waals surface area (Å²) in [5.41, 5.74) is 0.744. The number of hydrogen-bond donors (Lipinski definition) is 0. The average Bonchev–Trinajstić information content (AvgIpc) is 3.45. The van der Waals surface area contributed by atoms with E-state index in [1.807, 2.05) is 46.7 Å². The van der Waals surface area contributed by atoms with Crippen molar-refractivity contribution < 1.29 is 14.3 Å². The van der Waals surface area contributed by atoms with E-state index in [9.17, 15) is 19.6 Å². The molecule has 0 unspecified atom stereocenters. The Bertz CT molecular complexity index is 1350. The third kappa shape index (κ3) is 4.40. The fourth-order valence-corrected chi connectivity index (χ4v) is 5.40. The normalized spacial score (nSPS) is 16.4. The van der Waals surface area contributed by atoms with Crippen LogP contribution in [0.15, 0.2) is 46.6 Å². The highest BCUT2D eigenvalue weighted by Crippen LogP contribution is 2.30. The first-order valence-corrected chi connectivity index (χ1v) is 12.5. The summed E-state index contributed by atoms with van der Waals surface area (Å²) in [5.74, 6) is -0.167. The number of para-hydroxylation sites is 1. The van der Waals surface area contributed by atoms with Crippen molar-refractivity contribution in [2.45, 2.75) is 6.54 Å². The van der Waals surface area contributed by atoms with Crippen LogP contribution in [0.5, 0.6) is 0 Å². The van der Waals surface area contributed by atoms with Gasteiger partial charge in [0.25, 0.3) is 11.5 Å².